The van der Waals surface area contributed by atoms with Gasteiger partial charge in [-0.3, -0.25) is 0 Å². The van der Waals surface area contributed by atoms with Gasteiger partial charge in [-0.25, -0.2) is 5.01 Å². The van der Waals surface area contributed by atoms with Crippen molar-refractivity contribution in [2.24, 2.45) is 5.10 Å². The highest BCUT2D eigenvalue weighted by molar-refractivity contribution is 6.02. The molecule has 5 heteroatoms. The molecule has 5 rings (SSSR count). The summed E-state index contributed by atoms with van der Waals surface area (Å²) in [7, 11) is 1.70. The first-order chi connectivity index (χ1) is 14.6. The summed E-state index contributed by atoms with van der Waals surface area (Å²) in [4.78, 5) is 2.55. The zero-order valence-corrected chi connectivity index (χ0v) is 18.2. The molecule has 2 aromatic carbocycles. The Morgan fingerprint density at radius 2 is 1.90 bits per heavy atom. The molecule has 0 radical (unpaired) electrons. The Balaban J connectivity index is 1.51. The van der Waals surface area contributed by atoms with E-state index in [1.807, 2.05) is 12.1 Å². The number of rotatable bonds is 4. The highest BCUT2D eigenvalue weighted by atomic mass is 16.5. The molecule has 1 saturated heterocycles. The molecule has 3 heterocycles. The van der Waals surface area contributed by atoms with Gasteiger partial charge in [0.1, 0.15) is 11.5 Å². The summed E-state index contributed by atoms with van der Waals surface area (Å²) in [6, 6.07) is 15.1. The third kappa shape index (κ3) is 3.25. The number of piperidine rings is 1. The molecule has 2 aromatic rings. The fraction of sp³-hybridized carbons (Fsp3) is 0.480. The van der Waals surface area contributed by atoms with E-state index >= 15 is 0 Å². The lowest BCUT2D eigenvalue weighted by atomic mass is 9.90. The SMILES string of the molecule is CCCN1CCC2(CC1)Oc1ccc(C)cc1[C@@H]1CC(c3ccc(OC)cc3)=NN12. The van der Waals surface area contributed by atoms with Gasteiger partial charge < -0.3 is 14.4 Å². The van der Waals surface area contributed by atoms with Gasteiger partial charge in [-0.05, 0) is 55.8 Å². The molecule has 0 amide bonds. The first-order valence-electron chi connectivity index (χ1n) is 11.1. The van der Waals surface area contributed by atoms with Gasteiger partial charge >= 0.3 is 0 Å². The Hall–Kier alpha value is -2.53. The third-order valence-corrected chi connectivity index (χ3v) is 6.75. The second-order valence-electron chi connectivity index (χ2n) is 8.77. The van der Waals surface area contributed by atoms with Crippen LogP contribution in [0, 0.1) is 6.92 Å². The molecule has 1 atom stereocenters. The largest absolute Gasteiger partial charge is 0.497 e. The number of fused-ring (bicyclic) bond motifs is 4. The normalized spacial score (nSPS) is 22.3. The van der Waals surface area contributed by atoms with Gasteiger partial charge in [0.25, 0.3) is 0 Å². The Morgan fingerprint density at radius 1 is 1.13 bits per heavy atom. The zero-order chi connectivity index (χ0) is 20.7. The van der Waals surface area contributed by atoms with Crippen LogP contribution in [0.5, 0.6) is 11.5 Å². The standard InChI is InChI=1S/C25H31N3O2/c1-4-13-27-14-11-25(12-15-27)28-23(21-16-18(2)5-10-24(21)30-25)17-22(26-28)19-6-8-20(29-3)9-7-19/h5-10,16,23H,4,11-15,17H2,1-3H3/t23-/m0/s1. The lowest BCUT2D eigenvalue weighted by Crippen LogP contribution is -2.59. The van der Waals surface area contributed by atoms with E-state index in [1.165, 1.54) is 17.5 Å². The summed E-state index contributed by atoms with van der Waals surface area (Å²) >= 11 is 0. The van der Waals surface area contributed by atoms with Gasteiger partial charge in [0.15, 0.2) is 0 Å². The summed E-state index contributed by atoms with van der Waals surface area (Å²) in [6.45, 7) is 7.69. The van der Waals surface area contributed by atoms with E-state index in [9.17, 15) is 0 Å². The van der Waals surface area contributed by atoms with Crippen LogP contribution in [0.2, 0.25) is 0 Å². The van der Waals surface area contributed by atoms with Crippen LogP contribution in [-0.4, -0.2) is 48.1 Å². The molecule has 3 aliphatic rings. The molecule has 5 nitrogen and oxygen atoms in total. The van der Waals surface area contributed by atoms with E-state index in [-0.39, 0.29) is 11.8 Å². The molecule has 0 N–H and O–H groups in total. The summed E-state index contributed by atoms with van der Waals surface area (Å²) in [5.74, 6) is 1.91. The summed E-state index contributed by atoms with van der Waals surface area (Å²) in [6.07, 6.45) is 4.07. The number of hydrogen-bond donors (Lipinski definition) is 0. The highest BCUT2D eigenvalue weighted by Crippen LogP contribution is 2.50. The van der Waals surface area contributed by atoms with Crippen LogP contribution in [0.1, 0.15) is 55.3 Å². The highest BCUT2D eigenvalue weighted by Gasteiger charge is 2.51. The maximum atomic E-state index is 6.75. The Bertz CT molecular complexity index is 945. The van der Waals surface area contributed by atoms with E-state index in [0.717, 1.165) is 61.7 Å². The number of nitrogens with zero attached hydrogens (tertiary/aromatic N) is 3. The average Bonchev–Trinajstić information content (AvgIpc) is 3.23. The maximum absolute atomic E-state index is 6.75. The Labute approximate surface area is 179 Å². The number of benzene rings is 2. The predicted octanol–water partition coefficient (Wildman–Crippen LogP) is 4.75. The number of hydrogen-bond acceptors (Lipinski definition) is 5. The van der Waals surface area contributed by atoms with Crippen molar-refractivity contribution in [1.82, 2.24) is 9.91 Å². The fourth-order valence-corrected chi connectivity index (χ4v) is 5.13. The van der Waals surface area contributed by atoms with Crippen LogP contribution < -0.4 is 9.47 Å². The molecule has 0 saturated carbocycles. The van der Waals surface area contributed by atoms with Crippen molar-refractivity contribution in [3.05, 3.63) is 59.2 Å². The molecular weight excluding hydrogens is 374 g/mol. The fourth-order valence-electron chi connectivity index (χ4n) is 5.13. The molecule has 0 aromatic heterocycles. The summed E-state index contributed by atoms with van der Waals surface area (Å²) in [5.41, 5.74) is 4.49. The molecule has 158 valence electrons. The second-order valence-corrected chi connectivity index (χ2v) is 8.77. The molecule has 30 heavy (non-hydrogen) atoms. The van der Waals surface area contributed by atoms with Crippen molar-refractivity contribution in [2.75, 3.05) is 26.7 Å². The van der Waals surface area contributed by atoms with Gasteiger partial charge in [0, 0.05) is 37.9 Å². The summed E-state index contributed by atoms with van der Waals surface area (Å²) in [5, 5.41) is 7.48. The van der Waals surface area contributed by atoms with Crippen LogP contribution in [-0.2, 0) is 0 Å². The van der Waals surface area contributed by atoms with Gasteiger partial charge in [-0.2, -0.15) is 5.10 Å². The van der Waals surface area contributed by atoms with Crippen LogP contribution in [0.3, 0.4) is 0 Å². The Kier molecular flexibility index (Phi) is 4.94. The molecule has 0 aliphatic carbocycles. The van der Waals surface area contributed by atoms with Crippen LogP contribution in [0.25, 0.3) is 0 Å². The second kappa shape index (κ2) is 7.62. The van der Waals surface area contributed by atoms with Crippen molar-refractivity contribution < 1.29 is 9.47 Å². The first-order valence-corrected chi connectivity index (χ1v) is 11.1. The van der Waals surface area contributed by atoms with Crippen LogP contribution >= 0.6 is 0 Å². The number of aryl methyl sites for hydroxylation is 1. The minimum Gasteiger partial charge on any atom is -0.497 e. The van der Waals surface area contributed by atoms with Gasteiger partial charge in [0.05, 0.1) is 18.9 Å². The van der Waals surface area contributed by atoms with Gasteiger partial charge in [-0.15, -0.1) is 0 Å². The topological polar surface area (TPSA) is 37.3 Å². The van der Waals surface area contributed by atoms with Crippen molar-refractivity contribution in [2.45, 2.75) is 51.3 Å². The van der Waals surface area contributed by atoms with E-state index in [2.05, 4.69) is 54.1 Å². The van der Waals surface area contributed by atoms with Crippen molar-refractivity contribution >= 4 is 5.71 Å². The monoisotopic (exact) mass is 405 g/mol. The van der Waals surface area contributed by atoms with Gasteiger partial charge in [0.2, 0.25) is 5.72 Å². The minimum absolute atomic E-state index is 0.239. The van der Waals surface area contributed by atoms with Crippen molar-refractivity contribution in [3.63, 3.8) is 0 Å². The molecule has 0 unspecified atom stereocenters. The van der Waals surface area contributed by atoms with Crippen LogP contribution in [0.15, 0.2) is 47.6 Å². The summed E-state index contributed by atoms with van der Waals surface area (Å²) < 4.78 is 12.1. The quantitative estimate of drug-likeness (QED) is 0.736. The maximum Gasteiger partial charge on any atom is 0.200 e. The van der Waals surface area contributed by atoms with E-state index in [4.69, 9.17) is 14.6 Å². The molecule has 0 bridgehead atoms. The molecule has 1 spiro atoms. The van der Waals surface area contributed by atoms with Gasteiger partial charge in [-0.1, -0.05) is 24.6 Å². The van der Waals surface area contributed by atoms with Crippen molar-refractivity contribution in [1.29, 1.82) is 0 Å². The molecule has 3 aliphatic heterocycles. The predicted molar refractivity (Wildman–Crippen MR) is 119 cm³/mol. The first kappa shape index (κ1) is 19.4. The molecule has 1 fully saturated rings. The smallest absolute Gasteiger partial charge is 0.200 e. The minimum atomic E-state index is -0.342. The van der Waals surface area contributed by atoms with E-state index in [0.29, 0.717) is 0 Å². The number of hydrazone groups is 1. The van der Waals surface area contributed by atoms with Crippen LogP contribution in [0.4, 0.5) is 0 Å². The number of ether oxygens (including phenoxy) is 2. The third-order valence-electron chi connectivity index (χ3n) is 6.75. The Morgan fingerprint density at radius 3 is 2.60 bits per heavy atom. The lowest BCUT2D eigenvalue weighted by molar-refractivity contribution is -0.149. The lowest BCUT2D eigenvalue weighted by Gasteiger charge is -2.51. The van der Waals surface area contributed by atoms with Crippen molar-refractivity contribution in [3.8, 4) is 11.5 Å². The number of likely N-dealkylation sites (tertiary alicyclic amines) is 1. The molecular formula is C25H31N3O2. The van der Waals surface area contributed by atoms with E-state index in [1.54, 1.807) is 7.11 Å². The average molecular weight is 406 g/mol. The zero-order valence-electron chi connectivity index (χ0n) is 18.2. The number of methoxy groups -OCH3 is 1. The van der Waals surface area contributed by atoms with E-state index < -0.39 is 0 Å².